The topological polar surface area (TPSA) is 72.3 Å². The fourth-order valence-electron chi connectivity index (χ4n) is 3.54. The van der Waals surface area contributed by atoms with Gasteiger partial charge in [-0.1, -0.05) is 12.1 Å². The number of anilines is 2. The van der Waals surface area contributed by atoms with Crippen LogP contribution in [-0.4, -0.2) is 45.7 Å². The molecule has 2 amide bonds. The highest BCUT2D eigenvalue weighted by atomic mass is 16.5. The monoisotopic (exact) mass is 398 g/mol. The first-order valence-corrected chi connectivity index (χ1v) is 9.59. The summed E-state index contributed by atoms with van der Waals surface area (Å²) in [6.45, 7) is 4.58. The van der Waals surface area contributed by atoms with Gasteiger partial charge in [0.05, 0.1) is 32.6 Å². The molecule has 154 valence electrons. The van der Waals surface area contributed by atoms with E-state index in [1.54, 1.807) is 25.2 Å². The predicted octanol–water partition coefficient (Wildman–Crippen LogP) is 1.40. The first kappa shape index (κ1) is 20.7. The first-order chi connectivity index (χ1) is 13.8. The Morgan fingerprint density at radius 3 is 2.55 bits per heavy atom. The number of ether oxygens (including phenoxy) is 2. The molecule has 0 saturated carbocycles. The number of fused-ring (bicyclic) bond motifs is 1. The number of amides is 2. The summed E-state index contributed by atoms with van der Waals surface area (Å²) in [5.74, 6) is 1.09. The molecule has 2 aromatic rings. The van der Waals surface area contributed by atoms with Crippen molar-refractivity contribution in [2.24, 2.45) is 0 Å². The van der Waals surface area contributed by atoms with E-state index in [0.29, 0.717) is 23.7 Å². The number of carbonyl (C=O) groups excluding carboxylic acids is 2. The molecule has 1 unspecified atom stereocenters. The quantitative estimate of drug-likeness (QED) is 0.772. The summed E-state index contributed by atoms with van der Waals surface area (Å²) in [6, 6.07) is 10.9. The van der Waals surface area contributed by atoms with E-state index in [1.165, 1.54) is 0 Å². The molecule has 0 spiro atoms. The van der Waals surface area contributed by atoms with E-state index in [-0.39, 0.29) is 24.4 Å². The van der Waals surface area contributed by atoms with E-state index in [2.05, 4.69) is 5.32 Å². The number of hydrogen-bond donors (Lipinski definition) is 2. The lowest BCUT2D eigenvalue weighted by atomic mass is 10.1. The number of methoxy groups -OCH3 is 2. The van der Waals surface area contributed by atoms with Crippen molar-refractivity contribution >= 4 is 23.2 Å². The largest absolute Gasteiger partial charge is 0.493 e. The third-order valence-electron chi connectivity index (χ3n) is 5.46. The molecule has 7 heteroatoms. The lowest BCUT2D eigenvalue weighted by Crippen LogP contribution is -3.12. The SMILES string of the molecule is COc1cc(C)c(C[NH+](C)[C@@H](C)C(=O)N2CC(=O)Nc3ccccc32)cc1OC. The Bertz CT molecular complexity index is 928. The van der Waals surface area contributed by atoms with Gasteiger partial charge in [-0.15, -0.1) is 0 Å². The highest BCUT2D eigenvalue weighted by molar-refractivity contribution is 6.10. The maximum Gasteiger partial charge on any atom is 0.285 e. The number of benzene rings is 2. The van der Waals surface area contributed by atoms with Gasteiger partial charge in [0.2, 0.25) is 5.91 Å². The van der Waals surface area contributed by atoms with E-state index >= 15 is 0 Å². The number of rotatable bonds is 6. The van der Waals surface area contributed by atoms with E-state index in [0.717, 1.165) is 21.7 Å². The number of aryl methyl sites for hydroxylation is 1. The summed E-state index contributed by atoms with van der Waals surface area (Å²) in [5.41, 5.74) is 3.55. The smallest absolute Gasteiger partial charge is 0.285 e. The minimum absolute atomic E-state index is 0.0306. The summed E-state index contributed by atoms with van der Waals surface area (Å²) in [6.07, 6.45) is 0. The van der Waals surface area contributed by atoms with Crippen molar-refractivity contribution in [1.82, 2.24) is 0 Å². The van der Waals surface area contributed by atoms with E-state index < -0.39 is 0 Å². The van der Waals surface area contributed by atoms with Crippen LogP contribution in [-0.2, 0) is 16.1 Å². The molecule has 2 atom stereocenters. The highest BCUT2D eigenvalue weighted by Gasteiger charge is 2.33. The second-order valence-corrected chi connectivity index (χ2v) is 7.37. The molecule has 0 aromatic heterocycles. The zero-order valence-electron chi connectivity index (χ0n) is 17.5. The van der Waals surface area contributed by atoms with Gasteiger partial charge in [-0.05, 0) is 43.7 Å². The van der Waals surface area contributed by atoms with Crippen LogP contribution in [0.1, 0.15) is 18.1 Å². The predicted molar refractivity (Wildman–Crippen MR) is 112 cm³/mol. The Hall–Kier alpha value is -3.06. The molecule has 0 bridgehead atoms. The van der Waals surface area contributed by atoms with Gasteiger partial charge in [0.1, 0.15) is 13.1 Å². The van der Waals surface area contributed by atoms with Crippen LogP contribution in [0.2, 0.25) is 0 Å². The number of quaternary nitrogens is 1. The maximum absolute atomic E-state index is 13.2. The Kier molecular flexibility index (Phi) is 6.08. The number of likely N-dealkylation sites (N-methyl/N-ethyl adjacent to an activating group) is 1. The fourth-order valence-corrected chi connectivity index (χ4v) is 3.54. The van der Waals surface area contributed by atoms with Crippen LogP contribution < -0.4 is 24.6 Å². The van der Waals surface area contributed by atoms with Crippen molar-refractivity contribution < 1.29 is 24.0 Å². The molecule has 29 heavy (non-hydrogen) atoms. The molecule has 7 nitrogen and oxygen atoms in total. The summed E-state index contributed by atoms with van der Waals surface area (Å²) in [5, 5.41) is 2.82. The second kappa shape index (κ2) is 8.53. The van der Waals surface area contributed by atoms with Gasteiger partial charge in [-0.3, -0.25) is 14.5 Å². The summed E-state index contributed by atoms with van der Waals surface area (Å²) < 4.78 is 10.8. The maximum atomic E-state index is 13.2. The molecule has 3 rings (SSSR count). The Labute approximate surface area is 171 Å². The van der Waals surface area contributed by atoms with Crippen molar-refractivity contribution in [3.05, 3.63) is 47.5 Å². The summed E-state index contributed by atoms with van der Waals surface area (Å²) in [4.78, 5) is 27.9. The lowest BCUT2D eigenvalue weighted by molar-refractivity contribution is -0.908. The number of hydrogen-bond acceptors (Lipinski definition) is 4. The molecule has 0 fully saturated rings. The normalized spacial score (nSPS) is 15.2. The molecule has 2 aromatic carbocycles. The first-order valence-electron chi connectivity index (χ1n) is 9.59. The molecule has 1 heterocycles. The molecular weight excluding hydrogens is 370 g/mol. The zero-order valence-corrected chi connectivity index (χ0v) is 17.5. The van der Waals surface area contributed by atoms with Crippen LogP contribution in [0.4, 0.5) is 11.4 Å². The van der Waals surface area contributed by atoms with Crippen LogP contribution in [0, 0.1) is 6.92 Å². The van der Waals surface area contributed by atoms with Gasteiger partial charge >= 0.3 is 0 Å². The molecule has 0 aliphatic carbocycles. The molecule has 1 aliphatic rings. The summed E-state index contributed by atoms with van der Waals surface area (Å²) >= 11 is 0. The van der Waals surface area contributed by atoms with E-state index in [4.69, 9.17) is 9.47 Å². The molecule has 0 saturated heterocycles. The van der Waals surface area contributed by atoms with Crippen molar-refractivity contribution in [1.29, 1.82) is 0 Å². The Morgan fingerprint density at radius 2 is 1.86 bits per heavy atom. The third-order valence-corrected chi connectivity index (χ3v) is 5.46. The number of nitrogens with zero attached hydrogens (tertiary/aromatic N) is 1. The number of para-hydroxylation sites is 2. The number of nitrogens with one attached hydrogen (secondary N) is 2. The highest BCUT2D eigenvalue weighted by Crippen LogP contribution is 2.30. The molecule has 0 radical (unpaired) electrons. The minimum atomic E-state index is -0.332. The van der Waals surface area contributed by atoms with Crippen LogP contribution in [0.3, 0.4) is 0 Å². The molecular formula is C22H28N3O4+. The van der Waals surface area contributed by atoms with Gasteiger partial charge < -0.3 is 19.7 Å². The van der Waals surface area contributed by atoms with Gasteiger partial charge in [-0.2, -0.15) is 0 Å². The third kappa shape index (κ3) is 4.19. The average molecular weight is 398 g/mol. The average Bonchev–Trinajstić information content (AvgIpc) is 2.72. The van der Waals surface area contributed by atoms with Crippen molar-refractivity contribution in [2.45, 2.75) is 26.4 Å². The van der Waals surface area contributed by atoms with Crippen molar-refractivity contribution in [2.75, 3.05) is 38.0 Å². The van der Waals surface area contributed by atoms with Gasteiger partial charge in [0.25, 0.3) is 5.91 Å². The summed E-state index contributed by atoms with van der Waals surface area (Å²) in [7, 11) is 5.20. The van der Waals surface area contributed by atoms with Gasteiger partial charge in [-0.25, -0.2) is 0 Å². The van der Waals surface area contributed by atoms with Crippen molar-refractivity contribution in [3.8, 4) is 11.5 Å². The molecule has 2 N–H and O–H groups in total. The van der Waals surface area contributed by atoms with Crippen LogP contribution in [0.25, 0.3) is 0 Å². The van der Waals surface area contributed by atoms with E-state index in [9.17, 15) is 9.59 Å². The van der Waals surface area contributed by atoms with Crippen LogP contribution in [0.5, 0.6) is 11.5 Å². The second-order valence-electron chi connectivity index (χ2n) is 7.37. The Balaban J connectivity index is 1.80. The fraction of sp³-hybridized carbons (Fsp3) is 0.364. The Morgan fingerprint density at radius 1 is 1.21 bits per heavy atom. The lowest BCUT2D eigenvalue weighted by Gasteiger charge is -2.32. The minimum Gasteiger partial charge on any atom is -0.493 e. The van der Waals surface area contributed by atoms with Gasteiger partial charge in [0.15, 0.2) is 17.5 Å². The van der Waals surface area contributed by atoms with Crippen molar-refractivity contribution in [3.63, 3.8) is 0 Å². The standard InChI is InChI=1S/C22H27N3O4/c1-14-10-19(28-4)20(29-5)11-16(14)12-24(3)15(2)22(27)25-13-21(26)23-17-8-6-7-9-18(17)25/h6-11,15H,12-13H2,1-5H3,(H,23,26)/p+1/t15-/m0/s1. The van der Waals surface area contributed by atoms with E-state index in [1.807, 2.05) is 51.2 Å². The van der Waals surface area contributed by atoms with Crippen LogP contribution in [0.15, 0.2) is 36.4 Å². The zero-order chi connectivity index (χ0) is 21.1. The molecule has 1 aliphatic heterocycles. The number of carbonyl (C=O) groups is 2. The van der Waals surface area contributed by atoms with Gasteiger partial charge in [0, 0.05) is 5.56 Å². The van der Waals surface area contributed by atoms with Crippen LogP contribution >= 0.6 is 0 Å².